The fourth-order valence-electron chi connectivity index (χ4n) is 1.59. The van der Waals surface area contributed by atoms with Gasteiger partial charge in [0.2, 0.25) is 0 Å². The molecule has 0 aromatic carbocycles. The quantitative estimate of drug-likeness (QED) is 0.391. The molecule has 2 fully saturated rings. The molecule has 0 saturated carbocycles. The highest BCUT2D eigenvalue weighted by atomic mass is 16.5. The number of fused-ring (bicyclic) bond motifs is 2. The van der Waals surface area contributed by atoms with Gasteiger partial charge in [-0.15, -0.1) is 0 Å². The molecule has 0 aromatic heterocycles. The number of hydrogen-bond acceptors (Lipinski definition) is 1. The Morgan fingerprint density at radius 3 is 2.75 bits per heavy atom. The lowest BCUT2D eigenvalue weighted by Gasteiger charge is -2.24. The number of ether oxygens (including phenoxy) is 1. The number of morpholine rings is 1. The third kappa shape index (κ3) is 0.501. The Hall–Kier alpha value is -0.0800. The summed E-state index contributed by atoms with van der Waals surface area (Å²) in [6, 6.07) is 0.722. The molecule has 0 aromatic rings. The van der Waals surface area contributed by atoms with Crippen molar-refractivity contribution in [2.75, 3.05) is 13.2 Å². The lowest BCUT2D eigenvalue weighted by Crippen LogP contribution is -3.10. The Kier molecular flexibility index (Phi) is 0.866. The van der Waals surface area contributed by atoms with Crippen LogP contribution in [0.1, 0.15) is 6.42 Å². The molecule has 2 rings (SSSR count). The summed E-state index contributed by atoms with van der Waals surface area (Å²) in [6.07, 6.45) is 1.80. The zero-order valence-electron chi connectivity index (χ0n) is 4.89. The van der Waals surface area contributed by atoms with Crippen molar-refractivity contribution in [2.24, 2.45) is 0 Å². The van der Waals surface area contributed by atoms with Crippen LogP contribution in [0.4, 0.5) is 0 Å². The smallest absolute Gasteiger partial charge is 0.110 e. The van der Waals surface area contributed by atoms with Gasteiger partial charge in [-0.05, 0) is 0 Å². The fourth-order valence-corrected chi connectivity index (χ4v) is 1.59. The minimum Gasteiger partial charge on any atom is -0.461 e. The first-order valence-electron chi connectivity index (χ1n) is 3.15. The van der Waals surface area contributed by atoms with Crippen LogP contribution in [0, 0.1) is 7.05 Å². The van der Waals surface area contributed by atoms with E-state index in [9.17, 15) is 0 Å². The van der Waals surface area contributed by atoms with Crippen molar-refractivity contribution < 1.29 is 9.64 Å². The molecular formula is C6H11NO. The molecule has 2 heteroatoms. The summed E-state index contributed by atoms with van der Waals surface area (Å²) < 4.78 is 5.36. The summed E-state index contributed by atoms with van der Waals surface area (Å²) in [6.45, 7) is 2.08. The SMILES string of the molecule is [CH2-][NH+]1CC2CC1CO2. The summed E-state index contributed by atoms with van der Waals surface area (Å²) >= 11 is 0. The molecule has 0 amide bonds. The molecule has 2 saturated heterocycles. The summed E-state index contributed by atoms with van der Waals surface area (Å²) in [5.74, 6) is 0. The van der Waals surface area contributed by atoms with Gasteiger partial charge >= 0.3 is 0 Å². The van der Waals surface area contributed by atoms with Crippen LogP contribution >= 0.6 is 0 Å². The highest BCUT2D eigenvalue weighted by Gasteiger charge is 2.37. The van der Waals surface area contributed by atoms with Gasteiger partial charge in [0.15, 0.2) is 0 Å². The van der Waals surface area contributed by atoms with Crippen molar-refractivity contribution in [1.29, 1.82) is 0 Å². The third-order valence-electron chi connectivity index (χ3n) is 2.15. The van der Waals surface area contributed by atoms with Crippen LogP contribution < -0.4 is 4.90 Å². The Morgan fingerprint density at radius 2 is 2.50 bits per heavy atom. The van der Waals surface area contributed by atoms with Crippen LogP contribution in [0.5, 0.6) is 0 Å². The van der Waals surface area contributed by atoms with Crippen LogP contribution in [-0.2, 0) is 4.74 Å². The van der Waals surface area contributed by atoms with E-state index in [1.807, 2.05) is 0 Å². The van der Waals surface area contributed by atoms with Crippen molar-refractivity contribution >= 4 is 0 Å². The van der Waals surface area contributed by atoms with Crippen LogP contribution in [0.3, 0.4) is 0 Å². The number of hydrogen-bond donors (Lipinski definition) is 1. The van der Waals surface area contributed by atoms with Gasteiger partial charge in [0.25, 0.3) is 0 Å². The van der Waals surface area contributed by atoms with E-state index < -0.39 is 0 Å². The first-order valence-corrected chi connectivity index (χ1v) is 3.15. The van der Waals surface area contributed by atoms with Crippen molar-refractivity contribution in [1.82, 2.24) is 0 Å². The van der Waals surface area contributed by atoms with Crippen LogP contribution in [-0.4, -0.2) is 25.3 Å². The summed E-state index contributed by atoms with van der Waals surface area (Å²) in [5, 5.41) is 0. The van der Waals surface area contributed by atoms with Crippen molar-refractivity contribution in [3.63, 3.8) is 0 Å². The van der Waals surface area contributed by atoms with E-state index in [4.69, 9.17) is 4.74 Å². The molecule has 3 atom stereocenters. The van der Waals surface area contributed by atoms with E-state index in [0.29, 0.717) is 6.10 Å². The van der Waals surface area contributed by atoms with E-state index >= 15 is 0 Å². The number of quaternary nitrogens is 1. The second-order valence-electron chi connectivity index (χ2n) is 2.75. The van der Waals surface area contributed by atoms with Gasteiger partial charge in [0.05, 0.1) is 19.2 Å². The Bertz CT molecular complexity index is 103. The molecule has 2 aliphatic heterocycles. The van der Waals surface area contributed by atoms with Gasteiger partial charge in [-0.1, -0.05) is 0 Å². The maximum Gasteiger partial charge on any atom is 0.110 e. The third-order valence-corrected chi connectivity index (χ3v) is 2.15. The van der Waals surface area contributed by atoms with E-state index in [-0.39, 0.29) is 0 Å². The number of nitrogens with one attached hydrogen (secondary N) is 1. The average molecular weight is 113 g/mol. The van der Waals surface area contributed by atoms with Crippen molar-refractivity contribution in [3.05, 3.63) is 7.05 Å². The lowest BCUT2D eigenvalue weighted by molar-refractivity contribution is -0.874. The molecule has 8 heavy (non-hydrogen) atoms. The van der Waals surface area contributed by atoms with E-state index in [1.165, 1.54) is 11.3 Å². The Morgan fingerprint density at radius 1 is 1.62 bits per heavy atom. The van der Waals surface area contributed by atoms with Crippen LogP contribution in [0.25, 0.3) is 0 Å². The topological polar surface area (TPSA) is 13.7 Å². The zero-order chi connectivity index (χ0) is 5.56. The van der Waals surface area contributed by atoms with Gasteiger partial charge in [0, 0.05) is 6.42 Å². The monoisotopic (exact) mass is 113 g/mol. The standard InChI is InChI=1S/C6H11NO/c1-7-3-6-2-5(7)4-8-6/h5-7H,1-4H2. The van der Waals surface area contributed by atoms with E-state index in [1.54, 1.807) is 0 Å². The van der Waals surface area contributed by atoms with E-state index in [2.05, 4.69) is 7.05 Å². The second-order valence-corrected chi connectivity index (χ2v) is 2.75. The summed E-state index contributed by atoms with van der Waals surface area (Å²) in [4.78, 5) is 1.42. The second kappa shape index (κ2) is 1.45. The van der Waals surface area contributed by atoms with Gasteiger partial charge in [-0.3, -0.25) is 0 Å². The predicted octanol–water partition coefficient (Wildman–Crippen LogP) is -1.17. The highest BCUT2D eigenvalue weighted by molar-refractivity contribution is 4.77. The summed E-state index contributed by atoms with van der Waals surface area (Å²) in [7, 11) is 3.96. The molecule has 2 bridgehead atoms. The minimum atomic E-state index is 0.549. The average Bonchev–Trinajstić information content (AvgIpc) is 2.23. The predicted molar refractivity (Wildman–Crippen MR) is 29.3 cm³/mol. The molecule has 2 aliphatic rings. The van der Waals surface area contributed by atoms with Gasteiger partial charge < -0.3 is 9.64 Å². The molecule has 0 spiro atoms. The molecule has 2 heterocycles. The van der Waals surface area contributed by atoms with Crippen molar-refractivity contribution in [3.8, 4) is 0 Å². The normalized spacial score (nSPS) is 52.9. The molecule has 0 aliphatic carbocycles. The highest BCUT2D eigenvalue weighted by Crippen LogP contribution is 2.14. The Labute approximate surface area is 49.4 Å². The van der Waals surface area contributed by atoms with Gasteiger partial charge in [-0.2, -0.15) is 7.05 Å². The largest absolute Gasteiger partial charge is 0.461 e. The van der Waals surface area contributed by atoms with E-state index in [0.717, 1.165) is 19.2 Å². The van der Waals surface area contributed by atoms with Gasteiger partial charge in [-0.25, -0.2) is 0 Å². The van der Waals surface area contributed by atoms with Crippen molar-refractivity contribution in [2.45, 2.75) is 18.6 Å². The Balaban J connectivity index is 2.11. The first kappa shape index (κ1) is 4.77. The minimum absolute atomic E-state index is 0.549. The number of likely N-dealkylation sites (tertiary alicyclic amines) is 1. The molecule has 3 unspecified atom stereocenters. The van der Waals surface area contributed by atoms with Crippen LogP contribution in [0.15, 0.2) is 0 Å². The molecule has 2 nitrogen and oxygen atoms in total. The molecule has 1 N–H and O–H groups in total. The zero-order valence-corrected chi connectivity index (χ0v) is 4.89. The first-order chi connectivity index (χ1) is 3.86. The fraction of sp³-hybridized carbons (Fsp3) is 0.833. The van der Waals surface area contributed by atoms with Crippen LogP contribution in [0.2, 0.25) is 0 Å². The van der Waals surface area contributed by atoms with Gasteiger partial charge in [0.1, 0.15) is 6.10 Å². The maximum absolute atomic E-state index is 5.36. The number of rotatable bonds is 0. The lowest BCUT2D eigenvalue weighted by atomic mass is 10.2. The molecule has 0 radical (unpaired) electrons. The maximum atomic E-state index is 5.36. The summed E-state index contributed by atoms with van der Waals surface area (Å²) in [5.41, 5.74) is 0. The molecule has 46 valence electrons. The molecular weight excluding hydrogens is 102 g/mol.